The Morgan fingerprint density at radius 1 is 0.947 bits per heavy atom. The van der Waals surface area contributed by atoms with Gasteiger partial charge in [0.05, 0.1) is 5.52 Å². The molecule has 0 aliphatic heterocycles. The number of pyridine rings is 1. The molecule has 2 aromatic carbocycles. The number of rotatable bonds is 3. The summed E-state index contributed by atoms with van der Waals surface area (Å²) in [6.07, 6.45) is 0. The topological polar surface area (TPSA) is 22.1 Å². The first kappa shape index (κ1) is 11.9. The van der Waals surface area contributed by atoms with Crippen LogP contribution in [-0.4, -0.2) is 15.2 Å². The summed E-state index contributed by atoms with van der Waals surface area (Å²) in [5.41, 5.74) is 1.98. The standard InChI is InChI=1S/C16H12NOSi/c19-11-13-10-12-6-4-5-9-15(12)17-16(13)18-14-7-2-1-3-8-14/h1-10H,11H2. The predicted molar refractivity (Wildman–Crippen MR) is 77.7 cm³/mol. The Hall–Kier alpha value is -2.13. The summed E-state index contributed by atoms with van der Waals surface area (Å²) in [5, 5.41) is 1.12. The van der Waals surface area contributed by atoms with E-state index >= 15 is 0 Å². The largest absolute Gasteiger partial charge is 0.439 e. The third-order valence-electron chi connectivity index (χ3n) is 2.91. The highest BCUT2D eigenvalue weighted by molar-refractivity contribution is 6.08. The summed E-state index contributed by atoms with van der Waals surface area (Å²) in [4.78, 5) is 4.59. The van der Waals surface area contributed by atoms with E-state index in [-0.39, 0.29) is 0 Å². The maximum atomic E-state index is 5.87. The Morgan fingerprint density at radius 2 is 1.68 bits per heavy atom. The highest BCUT2D eigenvalue weighted by Crippen LogP contribution is 2.26. The lowest BCUT2D eigenvalue weighted by Gasteiger charge is -2.10. The quantitative estimate of drug-likeness (QED) is 0.671. The van der Waals surface area contributed by atoms with E-state index in [0.717, 1.165) is 22.2 Å². The third kappa shape index (κ3) is 2.51. The van der Waals surface area contributed by atoms with Gasteiger partial charge in [0.1, 0.15) is 5.75 Å². The van der Waals surface area contributed by atoms with Crippen molar-refractivity contribution >= 4 is 21.1 Å². The summed E-state index contributed by atoms with van der Waals surface area (Å²) >= 11 is 0. The van der Waals surface area contributed by atoms with Crippen LogP contribution < -0.4 is 4.74 Å². The Bertz CT molecular complexity index is 697. The predicted octanol–water partition coefficient (Wildman–Crippen LogP) is 3.70. The Labute approximate surface area is 115 Å². The maximum absolute atomic E-state index is 5.87. The van der Waals surface area contributed by atoms with Crippen LogP contribution in [0.3, 0.4) is 0 Å². The zero-order chi connectivity index (χ0) is 13.1. The molecule has 3 rings (SSSR count). The van der Waals surface area contributed by atoms with Gasteiger partial charge in [-0.05, 0) is 30.3 Å². The van der Waals surface area contributed by atoms with Crippen molar-refractivity contribution in [1.82, 2.24) is 4.98 Å². The second-order valence-corrected chi connectivity index (χ2v) is 4.59. The molecule has 0 aliphatic rings. The third-order valence-corrected chi connectivity index (χ3v) is 3.29. The minimum atomic E-state index is 0.653. The van der Waals surface area contributed by atoms with Gasteiger partial charge < -0.3 is 4.74 Å². The first-order chi connectivity index (χ1) is 9.36. The monoisotopic (exact) mass is 262 g/mol. The van der Waals surface area contributed by atoms with Crippen molar-refractivity contribution in [2.24, 2.45) is 0 Å². The Morgan fingerprint density at radius 3 is 2.47 bits per heavy atom. The first-order valence-corrected chi connectivity index (χ1v) is 6.84. The molecule has 0 saturated carbocycles. The van der Waals surface area contributed by atoms with Gasteiger partial charge in [-0.25, -0.2) is 4.98 Å². The molecular weight excluding hydrogens is 250 g/mol. The van der Waals surface area contributed by atoms with Gasteiger partial charge in [-0.2, -0.15) is 0 Å². The lowest BCUT2D eigenvalue weighted by molar-refractivity contribution is 0.460. The summed E-state index contributed by atoms with van der Waals surface area (Å²) in [5.74, 6) is 1.45. The van der Waals surface area contributed by atoms with E-state index in [1.165, 1.54) is 0 Å². The van der Waals surface area contributed by atoms with Gasteiger partial charge in [0.25, 0.3) is 0 Å². The zero-order valence-corrected chi connectivity index (χ0v) is 11.3. The molecular formula is C16H12NOSi. The molecule has 0 atom stereocenters. The normalized spacial score (nSPS) is 10.6. The summed E-state index contributed by atoms with van der Waals surface area (Å²) < 4.78 is 5.87. The molecule has 0 saturated heterocycles. The summed E-state index contributed by atoms with van der Waals surface area (Å²) in [7, 11) is 3.54. The van der Waals surface area contributed by atoms with Crippen molar-refractivity contribution in [2.45, 2.75) is 6.04 Å². The van der Waals surface area contributed by atoms with Gasteiger partial charge >= 0.3 is 0 Å². The molecule has 3 radical (unpaired) electrons. The number of benzene rings is 2. The van der Waals surface area contributed by atoms with Crippen molar-refractivity contribution in [3.63, 3.8) is 0 Å². The fourth-order valence-corrected chi connectivity index (χ4v) is 2.21. The first-order valence-electron chi connectivity index (χ1n) is 6.13. The van der Waals surface area contributed by atoms with E-state index in [2.05, 4.69) is 27.4 Å². The van der Waals surface area contributed by atoms with Crippen molar-refractivity contribution in [2.75, 3.05) is 0 Å². The van der Waals surface area contributed by atoms with Crippen molar-refractivity contribution < 1.29 is 4.74 Å². The number of hydrogen-bond donors (Lipinski definition) is 0. The smallest absolute Gasteiger partial charge is 0.222 e. The van der Waals surface area contributed by atoms with Crippen LogP contribution in [0.25, 0.3) is 10.9 Å². The van der Waals surface area contributed by atoms with Crippen LogP contribution in [0.1, 0.15) is 5.56 Å². The van der Waals surface area contributed by atoms with Crippen LogP contribution in [0.2, 0.25) is 0 Å². The molecule has 0 N–H and O–H groups in total. The molecule has 3 aromatic rings. The lowest BCUT2D eigenvalue weighted by Crippen LogP contribution is -1.96. The highest BCUT2D eigenvalue weighted by atomic mass is 28.1. The fourth-order valence-electron chi connectivity index (χ4n) is 1.96. The van der Waals surface area contributed by atoms with Gasteiger partial charge in [0.2, 0.25) is 5.88 Å². The van der Waals surface area contributed by atoms with E-state index < -0.39 is 0 Å². The van der Waals surface area contributed by atoms with Gasteiger partial charge in [-0.1, -0.05) is 36.4 Å². The van der Waals surface area contributed by atoms with Gasteiger partial charge in [0.15, 0.2) is 0 Å². The molecule has 0 spiro atoms. The molecule has 1 aromatic heterocycles. The molecule has 19 heavy (non-hydrogen) atoms. The molecule has 0 unspecified atom stereocenters. The number of hydrogen-bond acceptors (Lipinski definition) is 2. The van der Waals surface area contributed by atoms with Gasteiger partial charge in [0, 0.05) is 21.2 Å². The van der Waals surface area contributed by atoms with E-state index in [9.17, 15) is 0 Å². The molecule has 2 nitrogen and oxygen atoms in total. The van der Waals surface area contributed by atoms with E-state index in [1.807, 2.05) is 48.5 Å². The van der Waals surface area contributed by atoms with Gasteiger partial charge in [-0.15, -0.1) is 0 Å². The Kier molecular flexibility index (Phi) is 3.29. The second kappa shape index (κ2) is 5.24. The number of ether oxygens (including phenoxy) is 1. The van der Waals surface area contributed by atoms with Crippen molar-refractivity contribution in [3.05, 3.63) is 66.2 Å². The fraction of sp³-hybridized carbons (Fsp3) is 0.0625. The number of nitrogens with zero attached hydrogens (tertiary/aromatic N) is 1. The molecule has 1 heterocycles. The zero-order valence-electron chi connectivity index (χ0n) is 10.3. The summed E-state index contributed by atoms with van der Waals surface area (Å²) in [6, 6.07) is 20.6. The van der Waals surface area contributed by atoms with Crippen molar-refractivity contribution in [1.29, 1.82) is 0 Å². The number of fused-ring (bicyclic) bond motifs is 1. The molecule has 0 fully saturated rings. The summed E-state index contributed by atoms with van der Waals surface area (Å²) in [6.45, 7) is 0. The van der Waals surface area contributed by atoms with Gasteiger partial charge in [-0.3, -0.25) is 0 Å². The average molecular weight is 262 g/mol. The van der Waals surface area contributed by atoms with Crippen LogP contribution in [0, 0.1) is 0 Å². The number of para-hydroxylation sites is 2. The molecule has 0 amide bonds. The van der Waals surface area contributed by atoms with Crippen LogP contribution in [0.15, 0.2) is 60.7 Å². The molecule has 91 valence electrons. The van der Waals surface area contributed by atoms with Crippen LogP contribution in [-0.2, 0) is 6.04 Å². The van der Waals surface area contributed by atoms with E-state index in [0.29, 0.717) is 11.9 Å². The highest BCUT2D eigenvalue weighted by Gasteiger charge is 2.07. The van der Waals surface area contributed by atoms with Crippen LogP contribution >= 0.6 is 0 Å². The van der Waals surface area contributed by atoms with Crippen LogP contribution in [0.5, 0.6) is 11.6 Å². The molecule has 0 aliphatic carbocycles. The van der Waals surface area contributed by atoms with E-state index in [4.69, 9.17) is 4.74 Å². The minimum absolute atomic E-state index is 0.653. The molecule has 3 heteroatoms. The van der Waals surface area contributed by atoms with E-state index in [1.54, 1.807) is 0 Å². The maximum Gasteiger partial charge on any atom is 0.222 e. The lowest BCUT2D eigenvalue weighted by atomic mass is 10.1. The SMILES string of the molecule is [Si]Cc1cc2ccccc2nc1Oc1ccccc1. The Balaban J connectivity index is 2.06. The van der Waals surface area contributed by atoms with Crippen molar-refractivity contribution in [3.8, 4) is 11.6 Å². The second-order valence-electron chi connectivity index (χ2n) is 4.24. The average Bonchev–Trinajstić information content (AvgIpc) is 2.47. The number of aromatic nitrogens is 1. The molecule has 0 bridgehead atoms. The van der Waals surface area contributed by atoms with Crippen LogP contribution in [0.4, 0.5) is 0 Å². The minimum Gasteiger partial charge on any atom is -0.439 e.